The minimum absolute atomic E-state index is 0.0705. The van der Waals surface area contributed by atoms with Gasteiger partial charge in [-0.2, -0.15) is 0 Å². The molecule has 88 valence electrons. The molecular weight excluding hydrogens is 188 g/mol. The topological polar surface area (TPSA) is 41.1 Å². The van der Waals surface area contributed by atoms with Gasteiger partial charge in [0.25, 0.3) is 0 Å². The number of hydrogen-bond acceptors (Lipinski definition) is 1. The van der Waals surface area contributed by atoms with Gasteiger partial charge < -0.3 is 10.6 Å². The summed E-state index contributed by atoms with van der Waals surface area (Å²) in [4.78, 5) is 11.1. The van der Waals surface area contributed by atoms with Crippen molar-refractivity contribution in [1.29, 1.82) is 0 Å². The van der Waals surface area contributed by atoms with Gasteiger partial charge in [0.2, 0.25) is 0 Å². The Hall–Kier alpha value is -0.730. The van der Waals surface area contributed by atoms with Gasteiger partial charge in [0.15, 0.2) is 0 Å². The molecule has 0 radical (unpaired) electrons. The van der Waals surface area contributed by atoms with E-state index in [9.17, 15) is 4.79 Å². The van der Waals surface area contributed by atoms with Gasteiger partial charge in [-0.25, -0.2) is 4.79 Å². The fourth-order valence-corrected chi connectivity index (χ4v) is 2.42. The van der Waals surface area contributed by atoms with Gasteiger partial charge in [0.05, 0.1) is 0 Å². The van der Waals surface area contributed by atoms with Gasteiger partial charge in [0, 0.05) is 13.6 Å². The summed E-state index contributed by atoms with van der Waals surface area (Å²) >= 11 is 0. The zero-order valence-corrected chi connectivity index (χ0v) is 10.2. The smallest absolute Gasteiger partial charge is 0.314 e. The third kappa shape index (κ3) is 3.73. The van der Waals surface area contributed by atoms with Crippen LogP contribution in [-0.4, -0.2) is 19.6 Å². The van der Waals surface area contributed by atoms with Gasteiger partial charge in [-0.3, -0.25) is 0 Å². The monoisotopic (exact) mass is 212 g/mol. The lowest BCUT2D eigenvalue weighted by Crippen LogP contribution is -2.42. The van der Waals surface area contributed by atoms with Crippen LogP contribution in [0.4, 0.5) is 4.79 Å². The lowest BCUT2D eigenvalue weighted by Gasteiger charge is -2.37. The minimum atomic E-state index is -0.0705. The first-order valence-corrected chi connectivity index (χ1v) is 6.02. The van der Waals surface area contributed by atoms with Crippen LogP contribution < -0.4 is 10.6 Å². The van der Waals surface area contributed by atoms with Crippen molar-refractivity contribution in [3.63, 3.8) is 0 Å². The van der Waals surface area contributed by atoms with Crippen molar-refractivity contribution in [2.24, 2.45) is 11.3 Å². The molecule has 15 heavy (non-hydrogen) atoms. The molecule has 0 aromatic carbocycles. The molecule has 0 aromatic heterocycles. The Balaban J connectivity index is 2.38. The van der Waals surface area contributed by atoms with E-state index in [4.69, 9.17) is 0 Å². The van der Waals surface area contributed by atoms with Crippen LogP contribution in [0, 0.1) is 11.3 Å². The second kappa shape index (κ2) is 5.38. The van der Waals surface area contributed by atoms with Crippen LogP contribution >= 0.6 is 0 Å². The largest absolute Gasteiger partial charge is 0.341 e. The Labute approximate surface area is 93.0 Å². The summed E-state index contributed by atoms with van der Waals surface area (Å²) in [5.41, 5.74) is 0.229. The maximum Gasteiger partial charge on any atom is 0.314 e. The molecule has 0 atom stereocenters. The molecule has 1 aliphatic rings. The highest BCUT2D eigenvalue weighted by atomic mass is 16.2. The van der Waals surface area contributed by atoms with E-state index in [2.05, 4.69) is 24.5 Å². The average molecular weight is 212 g/mol. The molecule has 0 aromatic rings. The van der Waals surface area contributed by atoms with Gasteiger partial charge in [-0.15, -0.1) is 0 Å². The summed E-state index contributed by atoms with van der Waals surface area (Å²) in [7, 11) is 1.66. The Morgan fingerprint density at radius 3 is 2.40 bits per heavy atom. The van der Waals surface area contributed by atoms with Crippen LogP contribution in [0.5, 0.6) is 0 Å². The fourth-order valence-electron chi connectivity index (χ4n) is 2.42. The number of amides is 2. The first-order valence-electron chi connectivity index (χ1n) is 6.02. The summed E-state index contributed by atoms with van der Waals surface area (Å²) < 4.78 is 0. The van der Waals surface area contributed by atoms with Crippen molar-refractivity contribution in [2.75, 3.05) is 13.6 Å². The standard InChI is InChI=1S/C12H24N2O/c1-12(2,9-14-11(15)13-3)10-7-5-4-6-8-10/h10H,4-9H2,1-3H3,(H2,13,14,15). The van der Waals surface area contributed by atoms with Crippen molar-refractivity contribution >= 4 is 6.03 Å². The van der Waals surface area contributed by atoms with Gasteiger partial charge >= 0.3 is 6.03 Å². The van der Waals surface area contributed by atoms with Crippen LogP contribution in [0.3, 0.4) is 0 Å². The predicted octanol–water partition coefficient (Wildman–Crippen LogP) is 2.52. The van der Waals surface area contributed by atoms with Crippen LogP contribution in [0.2, 0.25) is 0 Å². The molecule has 1 fully saturated rings. The van der Waals surface area contributed by atoms with E-state index in [0.29, 0.717) is 0 Å². The van der Waals surface area contributed by atoms with E-state index in [0.717, 1.165) is 12.5 Å². The van der Waals surface area contributed by atoms with E-state index < -0.39 is 0 Å². The molecule has 0 saturated heterocycles. The molecular formula is C12H24N2O. The van der Waals surface area contributed by atoms with Crippen molar-refractivity contribution in [2.45, 2.75) is 46.0 Å². The molecule has 3 nitrogen and oxygen atoms in total. The molecule has 0 heterocycles. The van der Waals surface area contributed by atoms with Crippen LogP contribution in [0.15, 0.2) is 0 Å². The van der Waals surface area contributed by atoms with Crippen LogP contribution in [-0.2, 0) is 0 Å². The van der Waals surface area contributed by atoms with Crippen molar-refractivity contribution in [3.05, 3.63) is 0 Å². The number of carbonyl (C=O) groups excluding carboxylic acids is 1. The van der Waals surface area contributed by atoms with Crippen molar-refractivity contribution < 1.29 is 4.79 Å². The second-order valence-corrected chi connectivity index (χ2v) is 5.26. The fraction of sp³-hybridized carbons (Fsp3) is 0.917. The Morgan fingerprint density at radius 2 is 1.87 bits per heavy atom. The molecule has 1 saturated carbocycles. The van der Waals surface area contributed by atoms with Gasteiger partial charge in [-0.05, 0) is 24.2 Å². The number of rotatable bonds is 3. The molecule has 0 bridgehead atoms. The SMILES string of the molecule is CNC(=O)NCC(C)(C)C1CCCCC1. The lowest BCUT2D eigenvalue weighted by molar-refractivity contribution is 0.155. The Morgan fingerprint density at radius 1 is 1.27 bits per heavy atom. The highest BCUT2D eigenvalue weighted by molar-refractivity contribution is 5.73. The normalized spacial score (nSPS) is 18.6. The van der Waals surface area contributed by atoms with Gasteiger partial charge in [-0.1, -0.05) is 33.1 Å². The molecule has 1 rings (SSSR count). The molecule has 0 spiro atoms. The van der Waals surface area contributed by atoms with E-state index in [-0.39, 0.29) is 11.4 Å². The van der Waals surface area contributed by atoms with Crippen LogP contribution in [0.1, 0.15) is 46.0 Å². The molecule has 3 heteroatoms. The highest BCUT2D eigenvalue weighted by Crippen LogP contribution is 2.37. The van der Waals surface area contributed by atoms with Crippen LogP contribution in [0.25, 0.3) is 0 Å². The summed E-state index contributed by atoms with van der Waals surface area (Å²) in [6.07, 6.45) is 6.74. The third-order valence-corrected chi connectivity index (χ3v) is 3.64. The Bertz CT molecular complexity index is 208. The van der Waals surface area contributed by atoms with Gasteiger partial charge in [0.1, 0.15) is 0 Å². The number of nitrogens with one attached hydrogen (secondary N) is 2. The van der Waals surface area contributed by atoms with Crippen molar-refractivity contribution in [1.82, 2.24) is 10.6 Å². The number of carbonyl (C=O) groups is 1. The maximum absolute atomic E-state index is 11.1. The number of urea groups is 1. The summed E-state index contributed by atoms with van der Waals surface area (Å²) in [6.45, 7) is 5.30. The minimum Gasteiger partial charge on any atom is -0.341 e. The average Bonchev–Trinajstić information content (AvgIpc) is 2.27. The van der Waals surface area contributed by atoms with E-state index in [1.165, 1.54) is 32.1 Å². The summed E-state index contributed by atoms with van der Waals surface area (Å²) in [5, 5.41) is 5.51. The third-order valence-electron chi connectivity index (χ3n) is 3.64. The summed E-state index contributed by atoms with van der Waals surface area (Å²) in [6, 6.07) is -0.0705. The maximum atomic E-state index is 11.1. The first kappa shape index (κ1) is 12.3. The quantitative estimate of drug-likeness (QED) is 0.741. The second-order valence-electron chi connectivity index (χ2n) is 5.26. The summed E-state index contributed by atoms with van der Waals surface area (Å²) in [5.74, 6) is 0.767. The van der Waals surface area contributed by atoms with E-state index in [1.807, 2.05) is 0 Å². The van der Waals surface area contributed by atoms with Crippen molar-refractivity contribution in [3.8, 4) is 0 Å². The lowest BCUT2D eigenvalue weighted by atomic mass is 9.71. The predicted molar refractivity (Wildman–Crippen MR) is 62.8 cm³/mol. The Kier molecular flexibility index (Phi) is 4.43. The van der Waals surface area contributed by atoms with E-state index >= 15 is 0 Å². The molecule has 0 unspecified atom stereocenters. The van der Waals surface area contributed by atoms with E-state index in [1.54, 1.807) is 7.05 Å². The zero-order valence-electron chi connectivity index (χ0n) is 10.2. The molecule has 2 N–H and O–H groups in total. The number of hydrogen-bond donors (Lipinski definition) is 2. The zero-order chi connectivity index (χ0) is 11.3. The molecule has 0 aliphatic heterocycles. The molecule has 2 amide bonds. The first-order chi connectivity index (χ1) is 7.06. The highest BCUT2D eigenvalue weighted by Gasteiger charge is 2.30. The molecule has 1 aliphatic carbocycles.